The maximum absolute atomic E-state index is 12.6. The summed E-state index contributed by atoms with van der Waals surface area (Å²) < 4.78 is 5.23. The third-order valence-corrected chi connectivity index (χ3v) is 5.70. The minimum Gasteiger partial charge on any atom is -0.462 e. The van der Waals surface area contributed by atoms with Crippen LogP contribution in [0, 0.1) is 11.3 Å². The number of amides is 1. The van der Waals surface area contributed by atoms with Gasteiger partial charge in [-0.3, -0.25) is 9.69 Å². The molecule has 0 radical (unpaired) electrons. The summed E-state index contributed by atoms with van der Waals surface area (Å²) in [5, 5.41) is 12.3. The van der Waals surface area contributed by atoms with Crippen molar-refractivity contribution in [2.75, 3.05) is 25.0 Å². The summed E-state index contributed by atoms with van der Waals surface area (Å²) in [6, 6.07) is 8.42. The molecule has 1 amide bonds. The molecule has 0 atom stereocenters. The Morgan fingerprint density at radius 1 is 1.29 bits per heavy atom. The van der Waals surface area contributed by atoms with Crippen LogP contribution < -0.4 is 5.32 Å². The average Bonchev–Trinajstić information content (AvgIpc) is 3.04. The number of thiophene rings is 1. The molecule has 0 spiro atoms. The van der Waals surface area contributed by atoms with Crippen LogP contribution in [0.4, 0.5) is 5.00 Å². The molecule has 0 bridgehead atoms. The van der Waals surface area contributed by atoms with E-state index in [0.29, 0.717) is 21.7 Å². The first kappa shape index (κ1) is 21.9. The van der Waals surface area contributed by atoms with Crippen LogP contribution in [-0.4, -0.2) is 36.5 Å². The van der Waals surface area contributed by atoms with Crippen LogP contribution in [0.2, 0.25) is 0 Å². The van der Waals surface area contributed by atoms with Crippen LogP contribution in [0.25, 0.3) is 0 Å². The Balaban J connectivity index is 0.00000280. The molecule has 2 heterocycles. The standard InChI is InChI=1S/C20H21N3O3S.ClH/c1-3-23-10-9-15-16(12-23)27-19(17(15)20(25)26-4-2)22-18(24)14-7-5-13(11-21)6-8-14;/h5-8H,3-4,9-10,12H2,1-2H3,(H,22,24);1H. The molecule has 0 saturated carbocycles. The number of nitrogens with one attached hydrogen (secondary N) is 1. The van der Waals surface area contributed by atoms with Crippen LogP contribution in [0.1, 0.15) is 50.6 Å². The molecule has 0 aliphatic carbocycles. The smallest absolute Gasteiger partial charge is 0.341 e. The summed E-state index contributed by atoms with van der Waals surface area (Å²) in [6.07, 6.45) is 0.764. The van der Waals surface area contributed by atoms with Gasteiger partial charge in [0.1, 0.15) is 5.00 Å². The molecule has 3 rings (SSSR count). The Morgan fingerprint density at radius 2 is 2.00 bits per heavy atom. The van der Waals surface area contributed by atoms with Gasteiger partial charge in [0, 0.05) is 23.5 Å². The lowest BCUT2D eigenvalue weighted by molar-refractivity contribution is 0.0526. The quantitative estimate of drug-likeness (QED) is 0.744. The van der Waals surface area contributed by atoms with Crippen molar-refractivity contribution >= 4 is 40.6 Å². The van der Waals surface area contributed by atoms with Gasteiger partial charge in [0.05, 0.1) is 23.8 Å². The van der Waals surface area contributed by atoms with Crippen LogP contribution in [0.5, 0.6) is 0 Å². The van der Waals surface area contributed by atoms with E-state index in [1.807, 2.05) is 6.07 Å². The van der Waals surface area contributed by atoms with E-state index in [9.17, 15) is 9.59 Å². The second-order valence-electron chi connectivity index (χ2n) is 6.19. The molecule has 0 unspecified atom stereocenters. The fraction of sp³-hybridized carbons (Fsp3) is 0.350. The van der Waals surface area contributed by atoms with Gasteiger partial charge in [-0.25, -0.2) is 4.79 Å². The van der Waals surface area contributed by atoms with Gasteiger partial charge in [-0.2, -0.15) is 5.26 Å². The number of hydrogen-bond acceptors (Lipinski definition) is 6. The van der Waals surface area contributed by atoms with Crippen molar-refractivity contribution in [3.63, 3.8) is 0 Å². The first-order valence-corrected chi connectivity index (χ1v) is 9.74. The molecule has 0 fully saturated rings. The van der Waals surface area contributed by atoms with Gasteiger partial charge in [0.25, 0.3) is 5.91 Å². The van der Waals surface area contributed by atoms with Gasteiger partial charge in [-0.1, -0.05) is 6.92 Å². The zero-order chi connectivity index (χ0) is 19.4. The summed E-state index contributed by atoms with van der Waals surface area (Å²) >= 11 is 1.44. The summed E-state index contributed by atoms with van der Waals surface area (Å²) in [6.45, 7) is 6.76. The number of ether oxygens (including phenoxy) is 1. The van der Waals surface area contributed by atoms with E-state index in [2.05, 4.69) is 17.1 Å². The highest BCUT2D eigenvalue weighted by molar-refractivity contribution is 7.17. The second-order valence-corrected chi connectivity index (χ2v) is 7.30. The van der Waals surface area contributed by atoms with Crippen molar-refractivity contribution in [2.45, 2.75) is 26.8 Å². The molecule has 1 aliphatic heterocycles. The molecule has 8 heteroatoms. The lowest BCUT2D eigenvalue weighted by Crippen LogP contribution is -2.30. The monoisotopic (exact) mass is 419 g/mol. The van der Waals surface area contributed by atoms with E-state index in [0.717, 1.165) is 36.5 Å². The Morgan fingerprint density at radius 3 is 2.61 bits per heavy atom. The van der Waals surface area contributed by atoms with Gasteiger partial charge in [-0.15, -0.1) is 23.7 Å². The minimum atomic E-state index is -0.393. The zero-order valence-electron chi connectivity index (χ0n) is 15.8. The van der Waals surface area contributed by atoms with Crippen molar-refractivity contribution in [1.29, 1.82) is 5.26 Å². The van der Waals surface area contributed by atoms with Gasteiger partial charge in [0.15, 0.2) is 0 Å². The summed E-state index contributed by atoms with van der Waals surface area (Å²) in [7, 11) is 0. The number of esters is 1. The third kappa shape index (κ3) is 4.53. The molecule has 1 aliphatic rings. The number of likely N-dealkylation sites (N-methyl/N-ethyl adjacent to an activating group) is 1. The Labute approximate surface area is 174 Å². The van der Waals surface area contributed by atoms with E-state index >= 15 is 0 Å². The number of halogens is 1. The topological polar surface area (TPSA) is 82.4 Å². The maximum atomic E-state index is 12.6. The summed E-state index contributed by atoms with van der Waals surface area (Å²) in [5.74, 6) is -0.703. The number of nitrogens with zero attached hydrogens (tertiary/aromatic N) is 2. The molecule has 148 valence electrons. The molecule has 1 aromatic carbocycles. The highest BCUT2D eigenvalue weighted by Gasteiger charge is 2.29. The van der Waals surface area contributed by atoms with Gasteiger partial charge < -0.3 is 10.1 Å². The third-order valence-electron chi connectivity index (χ3n) is 4.57. The molecule has 1 N–H and O–H groups in total. The fourth-order valence-corrected chi connectivity index (χ4v) is 4.38. The second kappa shape index (κ2) is 9.69. The highest BCUT2D eigenvalue weighted by atomic mass is 35.5. The van der Waals surface area contributed by atoms with Crippen molar-refractivity contribution in [3.05, 3.63) is 51.4 Å². The normalized spacial score (nSPS) is 13.0. The first-order valence-electron chi connectivity index (χ1n) is 8.92. The van der Waals surface area contributed by atoms with E-state index in [-0.39, 0.29) is 24.9 Å². The van der Waals surface area contributed by atoms with Gasteiger partial charge in [0.2, 0.25) is 0 Å². The van der Waals surface area contributed by atoms with Crippen LogP contribution in [0.15, 0.2) is 24.3 Å². The van der Waals surface area contributed by atoms with Crippen LogP contribution in [0.3, 0.4) is 0 Å². The maximum Gasteiger partial charge on any atom is 0.341 e. The van der Waals surface area contributed by atoms with E-state index < -0.39 is 5.97 Å². The number of benzene rings is 1. The molecular weight excluding hydrogens is 398 g/mol. The largest absolute Gasteiger partial charge is 0.462 e. The lowest BCUT2D eigenvalue weighted by Gasteiger charge is -2.25. The van der Waals surface area contributed by atoms with Crippen LogP contribution in [-0.2, 0) is 17.7 Å². The highest BCUT2D eigenvalue weighted by Crippen LogP contribution is 2.37. The number of carbonyl (C=O) groups excluding carboxylic acids is 2. The molecule has 28 heavy (non-hydrogen) atoms. The van der Waals surface area contributed by atoms with Crippen molar-refractivity contribution in [3.8, 4) is 6.07 Å². The number of anilines is 1. The van der Waals surface area contributed by atoms with Crippen molar-refractivity contribution in [1.82, 2.24) is 4.90 Å². The molecular formula is C20H22ClN3O3S. The van der Waals surface area contributed by atoms with E-state index in [4.69, 9.17) is 10.00 Å². The van der Waals surface area contributed by atoms with E-state index in [1.165, 1.54) is 11.3 Å². The van der Waals surface area contributed by atoms with Gasteiger partial charge >= 0.3 is 5.97 Å². The van der Waals surface area contributed by atoms with Gasteiger partial charge in [-0.05, 0) is 49.7 Å². The van der Waals surface area contributed by atoms with E-state index in [1.54, 1.807) is 31.2 Å². The molecule has 2 aromatic rings. The Kier molecular flexibility index (Phi) is 7.58. The Bertz CT molecular complexity index is 903. The SMILES string of the molecule is CCOC(=O)c1c(NC(=O)c2ccc(C#N)cc2)sc2c1CCN(CC)C2.Cl. The van der Waals surface area contributed by atoms with Crippen LogP contribution >= 0.6 is 23.7 Å². The predicted octanol–water partition coefficient (Wildman–Crippen LogP) is 3.85. The van der Waals surface area contributed by atoms with Crippen molar-refractivity contribution < 1.29 is 14.3 Å². The molecule has 1 aromatic heterocycles. The first-order chi connectivity index (χ1) is 13.1. The molecule has 0 saturated heterocycles. The van der Waals surface area contributed by atoms with Crippen molar-refractivity contribution in [2.24, 2.45) is 0 Å². The number of hydrogen-bond donors (Lipinski definition) is 1. The zero-order valence-corrected chi connectivity index (χ0v) is 17.4. The number of carbonyl (C=O) groups is 2. The predicted molar refractivity (Wildman–Crippen MR) is 111 cm³/mol. The number of rotatable bonds is 5. The number of fused-ring (bicyclic) bond motifs is 1. The minimum absolute atomic E-state index is 0. The molecule has 6 nitrogen and oxygen atoms in total. The summed E-state index contributed by atoms with van der Waals surface area (Å²) in [4.78, 5) is 28.6. The average molecular weight is 420 g/mol. The lowest BCUT2D eigenvalue weighted by atomic mass is 10.0. The Hall–Kier alpha value is -2.40. The summed E-state index contributed by atoms with van der Waals surface area (Å²) in [5.41, 5.74) is 2.39. The fourth-order valence-electron chi connectivity index (χ4n) is 3.10. The number of nitriles is 1.